The van der Waals surface area contributed by atoms with Gasteiger partial charge >= 0.3 is 0 Å². The number of ether oxygens (including phenoxy) is 3. The van der Waals surface area contributed by atoms with Crippen molar-refractivity contribution >= 4 is 34.8 Å². The first-order valence-electron chi connectivity index (χ1n) is 11.4. The SMILES string of the molecule is COc1ccc(CCN(Cc2ccc(C)s2)C(=O)CN(CC2CCCO2)C(=O)CCl)cc1OC. The zero-order chi connectivity index (χ0) is 24.5. The molecular formula is C25H33ClN2O5S. The molecule has 0 aliphatic carbocycles. The summed E-state index contributed by atoms with van der Waals surface area (Å²) in [5.74, 6) is 0.801. The molecular weight excluding hydrogens is 476 g/mol. The lowest BCUT2D eigenvalue weighted by atomic mass is 10.1. The van der Waals surface area contributed by atoms with Gasteiger partial charge < -0.3 is 24.0 Å². The average molecular weight is 509 g/mol. The molecule has 0 radical (unpaired) electrons. The van der Waals surface area contributed by atoms with E-state index >= 15 is 0 Å². The van der Waals surface area contributed by atoms with Crippen LogP contribution in [-0.4, -0.2) is 74.1 Å². The van der Waals surface area contributed by atoms with Crippen LogP contribution in [0.1, 0.15) is 28.2 Å². The second-order valence-corrected chi connectivity index (χ2v) is 9.95. The number of methoxy groups -OCH3 is 2. The second-order valence-electron chi connectivity index (χ2n) is 8.31. The first-order chi connectivity index (χ1) is 16.4. The van der Waals surface area contributed by atoms with Crippen molar-refractivity contribution in [3.8, 4) is 11.5 Å². The van der Waals surface area contributed by atoms with Crippen molar-refractivity contribution < 1.29 is 23.8 Å². The number of halogens is 1. The smallest absolute Gasteiger partial charge is 0.242 e. The molecule has 1 aliphatic rings. The van der Waals surface area contributed by atoms with Gasteiger partial charge in [0.25, 0.3) is 0 Å². The molecule has 0 N–H and O–H groups in total. The van der Waals surface area contributed by atoms with Gasteiger partial charge in [-0.1, -0.05) is 6.07 Å². The van der Waals surface area contributed by atoms with E-state index in [1.165, 1.54) is 9.78 Å². The van der Waals surface area contributed by atoms with Gasteiger partial charge in [0, 0.05) is 29.5 Å². The van der Waals surface area contributed by atoms with Gasteiger partial charge in [0.2, 0.25) is 11.8 Å². The van der Waals surface area contributed by atoms with Crippen molar-refractivity contribution in [1.82, 2.24) is 9.80 Å². The van der Waals surface area contributed by atoms with Crippen molar-refractivity contribution in [2.75, 3.05) is 46.3 Å². The fraction of sp³-hybridized carbons (Fsp3) is 0.520. The number of hydrogen-bond donors (Lipinski definition) is 0. The molecule has 2 aromatic rings. The zero-order valence-electron chi connectivity index (χ0n) is 20.0. The van der Waals surface area contributed by atoms with Gasteiger partial charge in [0.15, 0.2) is 11.5 Å². The van der Waals surface area contributed by atoms with E-state index in [4.69, 9.17) is 25.8 Å². The van der Waals surface area contributed by atoms with E-state index in [0.717, 1.165) is 23.3 Å². The van der Waals surface area contributed by atoms with Gasteiger partial charge in [-0.15, -0.1) is 22.9 Å². The molecule has 0 saturated carbocycles. The molecule has 9 heteroatoms. The van der Waals surface area contributed by atoms with Crippen LogP contribution in [0.15, 0.2) is 30.3 Å². The van der Waals surface area contributed by atoms with E-state index < -0.39 is 0 Å². The third kappa shape index (κ3) is 7.35. The molecule has 0 spiro atoms. The minimum Gasteiger partial charge on any atom is -0.493 e. The Morgan fingerprint density at radius 1 is 1.12 bits per heavy atom. The van der Waals surface area contributed by atoms with E-state index in [0.29, 0.717) is 44.2 Å². The minimum atomic E-state index is -0.252. The number of rotatable bonds is 12. The first kappa shape index (κ1) is 26.3. The third-order valence-corrected chi connectivity index (χ3v) is 7.07. The highest BCUT2D eigenvalue weighted by molar-refractivity contribution is 7.11. The highest BCUT2D eigenvalue weighted by Gasteiger charge is 2.26. The normalized spacial score (nSPS) is 15.2. The van der Waals surface area contributed by atoms with E-state index in [9.17, 15) is 9.59 Å². The summed E-state index contributed by atoms with van der Waals surface area (Å²) in [6, 6.07) is 9.87. The minimum absolute atomic E-state index is 0.0122. The monoisotopic (exact) mass is 508 g/mol. The Hall–Kier alpha value is -2.29. The van der Waals surface area contributed by atoms with Gasteiger partial charge in [-0.2, -0.15) is 0 Å². The van der Waals surface area contributed by atoms with Gasteiger partial charge in [0.1, 0.15) is 5.88 Å². The summed E-state index contributed by atoms with van der Waals surface area (Å²) in [6.45, 7) is 4.12. The van der Waals surface area contributed by atoms with Crippen LogP contribution in [0.5, 0.6) is 11.5 Å². The zero-order valence-corrected chi connectivity index (χ0v) is 21.6. The van der Waals surface area contributed by atoms with Gasteiger partial charge in [-0.05, 0) is 56.0 Å². The number of thiophene rings is 1. The molecule has 1 atom stereocenters. The molecule has 1 saturated heterocycles. The lowest BCUT2D eigenvalue weighted by molar-refractivity contribution is -0.140. The molecule has 1 unspecified atom stereocenters. The number of carbonyl (C=O) groups is 2. The number of benzene rings is 1. The Kier molecular flexibility index (Phi) is 10.0. The Labute approximate surface area is 210 Å². The van der Waals surface area contributed by atoms with Crippen molar-refractivity contribution in [1.29, 1.82) is 0 Å². The maximum atomic E-state index is 13.4. The van der Waals surface area contributed by atoms with Crippen molar-refractivity contribution in [2.24, 2.45) is 0 Å². The number of nitrogens with zero attached hydrogens (tertiary/aromatic N) is 2. The molecule has 186 valence electrons. The summed E-state index contributed by atoms with van der Waals surface area (Å²) in [6.07, 6.45) is 2.46. The molecule has 7 nitrogen and oxygen atoms in total. The van der Waals surface area contributed by atoms with Crippen molar-refractivity contribution in [2.45, 2.75) is 38.8 Å². The highest BCUT2D eigenvalue weighted by Crippen LogP contribution is 2.28. The van der Waals surface area contributed by atoms with E-state index in [1.54, 1.807) is 25.6 Å². The standard InChI is InChI=1S/C25H33ClN2O5S/c1-18-6-8-21(34-18)16-27(11-10-19-7-9-22(31-2)23(13-19)32-3)25(30)17-28(24(29)14-26)15-20-5-4-12-33-20/h6-9,13,20H,4-5,10-12,14-17H2,1-3H3. The van der Waals surface area contributed by atoms with Crippen molar-refractivity contribution in [3.05, 3.63) is 45.6 Å². The topological polar surface area (TPSA) is 68.3 Å². The van der Waals surface area contributed by atoms with Crippen LogP contribution in [0.3, 0.4) is 0 Å². The molecule has 0 bridgehead atoms. The van der Waals surface area contributed by atoms with E-state index in [-0.39, 0.29) is 30.3 Å². The summed E-state index contributed by atoms with van der Waals surface area (Å²) in [5, 5.41) is 0. The Morgan fingerprint density at radius 2 is 1.91 bits per heavy atom. The van der Waals surface area contributed by atoms with Gasteiger partial charge in [-0.3, -0.25) is 9.59 Å². The molecule has 1 fully saturated rings. The van der Waals surface area contributed by atoms with Crippen LogP contribution < -0.4 is 9.47 Å². The molecule has 3 rings (SSSR count). The summed E-state index contributed by atoms with van der Waals surface area (Å²) >= 11 is 7.51. The van der Waals surface area contributed by atoms with Crippen LogP contribution >= 0.6 is 22.9 Å². The third-order valence-electron chi connectivity index (χ3n) is 5.85. The predicted octanol–water partition coefficient (Wildman–Crippen LogP) is 3.89. The number of aryl methyl sites for hydroxylation is 1. The molecule has 34 heavy (non-hydrogen) atoms. The fourth-order valence-electron chi connectivity index (χ4n) is 3.99. The molecule has 1 aliphatic heterocycles. The number of carbonyl (C=O) groups excluding carboxylic acids is 2. The molecule has 1 aromatic carbocycles. The molecule has 2 heterocycles. The first-order valence-corrected chi connectivity index (χ1v) is 12.8. The summed E-state index contributed by atoms with van der Waals surface area (Å²) in [7, 11) is 3.21. The van der Waals surface area contributed by atoms with Crippen molar-refractivity contribution in [3.63, 3.8) is 0 Å². The molecule has 1 aromatic heterocycles. The summed E-state index contributed by atoms with van der Waals surface area (Å²) in [5.41, 5.74) is 1.03. The maximum Gasteiger partial charge on any atom is 0.242 e. The lowest BCUT2D eigenvalue weighted by Crippen LogP contribution is -2.46. The van der Waals surface area contributed by atoms with Crippen LogP contribution in [-0.2, 0) is 27.3 Å². The lowest BCUT2D eigenvalue weighted by Gasteiger charge is -2.28. The van der Waals surface area contributed by atoms with Crippen LogP contribution in [0, 0.1) is 6.92 Å². The number of amides is 2. The van der Waals surface area contributed by atoms with E-state index in [2.05, 4.69) is 6.07 Å². The quantitative estimate of drug-likeness (QED) is 0.407. The largest absolute Gasteiger partial charge is 0.493 e. The van der Waals surface area contributed by atoms with Gasteiger partial charge in [-0.25, -0.2) is 0 Å². The molecule has 2 amide bonds. The Morgan fingerprint density at radius 3 is 2.53 bits per heavy atom. The highest BCUT2D eigenvalue weighted by atomic mass is 35.5. The number of hydrogen-bond acceptors (Lipinski definition) is 6. The fourth-order valence-corrected chi connectivity index (χ4v) is 5.06. The Bertz CT molecular complexity index is 961. The van der Waals surface area contributed by atoms with Crippen LogP contribution in [0.2, 0.25) is 0 Å². The van der Waals surface area contributed by atoms with Crippen LogP contribution in [0.4, 0.5) is 0 Å². The predicted molar refractivity (Wildman–Crippen MR) is 134 cm³/mol. The van der Waals surface area contributed by atoms with Crippen LogP contribution in [0.25, 0.3) is 0 Å². The number of alkyl halides is 1. The second kappa shape index (κ2) is 13.0. The van der Waals surface area contributed by atoms with Gasteiger partial charge in [0.05, 0.1) is 33.4 Å². The average Bonchev–Trinajstić information content (AvgIpc) is 3.51. The summed E-state index contributed by atoms with van der Waals surface area (Å²) in [4.78, 5) is 31.5. The van der Waals surface area contributed by atoms with E-state index in [1.807, 2.05) is 36.1 Å². The summed E-state index contributed by atoms with van der Waals surface area (Å²) < 4.78 is 16.4. The maximum absolute atomic E-state index is 13.4. The Balaban J connectivity index is 1.72.